The fourth-order valence-electron chi connectivity index (χ4n) is 4.13. The second kappa shape index (κ2) is 8.99. The molecule has 0 radical (unpaired) electrons. The number of amides is 1. The van der Waals surface area contributed by atoms with Crippen LogP contribution in [0.1, 0.15) is 36.1 Å². The Labute approximate surface area is 192 Å². The summed E-state index contributed by atoms with van der Waals surface area (Å²) in [6.45, 7) is 6.40. The zero-order valence-corrected chi connectivity index (χ0v) is 18.7. The summed E-state index contributed by atoms with van der Waals surface area (Å²) in [6.07, 6.45) is 7.34. The molecule has 8 heteroatoms. The Bertz CT molecular complexity index is 1260. The first-order valence-electron chi connectivity index (χ1n) is 11.1. The maximum Gasteiger partial charge on any atom is 0.289 e. The zero-order valence-electron chi connectivity index (χ0n) is 18.7. The normalized spacial score (nSPS) is 17.2. The monoisotopic (exact) mass is 442 g/mol. The molecule has 2 atom stereocenters. The number of pyridine rings is 1. The average Bonchev–Trinajstić information content (AvgIpc) is 3.28. The van der Waals surface area contributed by atoms with Crippen molar-refractivity contribution in [2.75, 3.05) is 24.6 Å². The van der Waals surface area contributed by atoms with Crippen molar-refractivity contribution in [3.05, 3.63) is 72.6 Å². The molecule has 1 fully saturated rings. The van der Waals surface area contributed by atoms with Crippen LogP contribution >= 0.6 is 0 Å². The van der Waals surface area contributed by atoms with Crippen molar-refractivity contribution in [1.82, 2.24) is 25.3 Å². The lowest BCUT2D eigenvalue weighted by Crippen LogP contribution is -2.41. The van der Waals surface area contributed by atoms with Gasteiger partial charge in [0.05, 0.1) is 30.6 Å². The molecule has 1 aliphatic heterocycles. The van der Waals surface area contributed by atoms with E-state index in [2.05, 4.69) is 43.1 Å². The Hall–Kier alpha value is -3.78. The number of hydrogen-bond donors (Lipinski definition) is 2. The topological polar surface area (TPSA) is 96.0 Å². The second-order valence-corrected chi connectivity index (χ2v) is 8.32. The van der Waals surface area contributed by atoms with Crippen molar-refractivity contribution in [3.63, 3.8) is 0 Å². The molecule has 0 aliphatic carbocycles. The van der Waals surface area contributed by atoms with Crippen LogP contribution in [0.3, 0.4) is 0 Å². The summed E-state index contributed by atoms with van der Waals surface area (Å²) >= 11 is 0. The van der Waals surface area contributed by atoms with E-state index >= 15 is 0 Å². The van der Waals surface area contributed by atoms with E-state index < -0.39 is 0 Å². The van der Waals surface area contributed by atoms with Crippen molar-refractivity contribution in [3.8, 4) is 11.1 Å². The highest BCUT2D eigenvalue weighted by molar-refractivity contribution is 5.95. The molecule has 2 N–H and O–H groups in total. The van der Waals surface area contributed by atoms with Gasteiger partial charge < -0.3 is 19.9 Å². The van der Waals surface area contributed by atoms with Gasteiger partial charge in [-0.05, 0) is 25.5 Å². The number of H-pyrrole nitrogens is 1. The lowest BCUT2D eigenvalue weighted by atomic mass is 10.1. The van der Waals surface area contributed by atoms with Crippen LogP contribution in [0.2, 0.25) is 0 Å². The molecule has 0 spiro atoms. The highest BCUT2D eigenvalue weighted by atomic mass is 16.5. The Balaban J connectivity index is 1.36. The minimum atomic E-state index is -0.304. The van der Waals surface area contributed by atoms with Crippen LogP contribution in [0.25, 0.3) is 22.2 Å². The third-order valence-electron chi connectivity index (χ3n) is 5.94. The molecule has 8 nitrogen and oxygen atoms in total. The summed E-state index contributed by atoms with van der Waals surface area (Å²) in [7, 11) is 0. The van der Waals surface area contributed by atoms with Gasteiger partial charge in [-0.2, -0.15) is 0 Å². The van der Waals surface area contributed by atoms with Crippen LogP contribution in [-0.2, 0) is 4.74 Å². The van der Waals surface area contributed by atoms with Gasteiger partial charge in [0, 0.05) is 48.2 Å². The molecular weight excluding hydrogens is 416 g/mol. The van der Waals surface area contributed by atoms with Gasteiger partial charge in [-0.1, -0.05) is 30.3 Å². The molecule has 1 aromatic carbocycles. The number of carbonyl (C=O) groups is 1. The first kappa shape index (κ1) is 21.1. The first-order chi connectivity index (χ1) is 16.1. The number of nitrogens with one attached hydrogen (secondary N) is 2. The van der Waals surface area contributed by atoms with Crippen molar-refractivity contribution < 1.29 is 9.53 Å². The van der Waals surface area contributed by atoms with Gasteiger partial charge in [0.1, 0.15) is 5.65 Å². The molecule has 1 amide bonds. The number of nitrogens with zero attached hydrogens (tertiary/aromatic N) is 4. The van der Waals surface area contributed by atoms with Crippen LogP contribution in [0.15, 0.2) is 61.2 Å². The third kappa shape index (κ3) is 4.42. The van der Waals surface area contributed by atoms with Crippen LogP contribution in [0.4, 0.5) is 5.69 Å². The van der Waals surface area contributed by atoms with Crippen molar-refractivity contribution >= 4 is 22.6 Å². The van der Waals surface area contributed by atoms with E-state index in [1.165, 1.54) is 0 Å². The fraction of sp³-hybridized carbons (Fsp3) is 0.280. The van der Waals surface area contributed by atoms with Crippen LogP contribution in [0.5, 0.6) is 0 Å². The van der Waals surface area contributed by atoms with E-state index in [4.69, 9.17) is 4.74 Å². The summed E-state index contributed by atoms with van der Waals surface area (Å²) < 4.78 is 5.66. The Morgan fingerprint density at radius 3 is 2.73 bits per heavy atom. The number of anilines is 1. The van der Waals surface area contributed by atoms with Gasteiger partial charge in [0.15, 0.2) is 0 Å². The van der Waals surface area contributed by atoms with E-state index in [1.807, 2.05) is 49.6 Å². The summed E-state index contributed by atoms with van der Waals surface area (Å²) in [5.41, 5.74) is 4.66. The standard InChI is InChI=1S/C25H26N6O2/c1-16-15-31(8-9-33-16)20-10-21-22(14-29-23(21)28-13-20)19-11-26-24(27-12-19)25(32)30-17(2)18-6-4-3-5-7-18/h3-7,10-14,16-17H,8-9,15H2,1-2H3,(H,28,29)(H,30,32)/t16-,17+/m0/s1. The molecule has 4 heterocycles. The summed E-state index contributed by atoms with van der Waals surface area (Å²) in [5, 5.41) is 3.94. The molecule has 3 aromatic heterocycles. The Kier molecular flexibility index (Phi) is 5.75. The van der Waals surface area contributed by atoms with Crippen molar-refractivity contribution in [1.29, 1.82) is 0 Å². The molecule has 168 valence electrons. The predicted molar refractivity (Wildman–Crippen MR) is 127 cm³/mol. The molecule has 1 saturated heterocycles. The maximum atomic E-state index is 12.6. The highest BCUT2D eigenvalue weighted by Gasteiger charge is 2.19. The van der Waals surface area contributed by atoms with Crippen molar-refractivity contribution in [2.24, 2.45) is 0 Å². The highest BCUT2D eigenvalue weighted by Crippen LogP contribution is 2.30. The lowest BCUT2D eigenvalue weighted by Gasteiger charge is -2.32. The number of morpholine rings is 1. The van der Waals surface area contributed by atoms with E-state index in [-0.39, 0.29) is 23.9 Å². The fourth-order valence-corrected chi connectivity index (χ4v) is 4.13. The molecule has 0 unspecified atom stereocenters. The van der Waals surface area contributed by atoms with E-state index in [0.717, 1.165) is 46.5 Å². The average molecular weight is 443 g/mol. The van der Waals surface area contributed by atoms with Gasteiger partial charge in [-0.25, -0.2) is 15.0 Å². The number of aromatic nitrogens is 4. The van der Waals surface area contributed by atoms with E-state index in [0.29, 0.717) is 6.61 Å². The Morgan fingerprint density at radius 2 is 1.97 bits per heavy atom. The van der Waals surface area contributed by atoms with Gasteiger partial charge in [0.25, 0.3) is 5.91 Å². The number of carbonyl (C=O) groups excluding carboxylic acids is 1. The number of benzene rings is 1. The van der Waals surface area contributed by atoms with Crippen LogP contribution in [-0.4, -0.2) is 51.6 Å². The zero-order chi connectivity index (χ0) is 22.8. The number of rotatable bonds is 5. The largest absolute Gasteiger partial charge is 0.375 e. The smallest absolute Gasteiger partial charge is 0.289 e. The first-order valence-corrected chi connectivity index (χ1v) is 11.1. The molecule has 5 rings (SSSR count). The number of hydrogen-bond acceptors (Lipinski definition) is 6. The maximum absolute atomic E-state index is 12.6. The summed E-state index contributed by atoms with van der Waals surface area (Å²) in [5.74, 6) is -0.162. The SMILES string of the molecule is C[C@H]1CN(c2cnc3[nH]cc(-c4cnc(C(=O)N[C@H](C)c5ccccc5)nc4)c3c2)CCO1. The number of aromatic amines is 1. The van der Waals surface area contributed by atoms with Crippen molar-refractivity contribution in [2.45, 2.75) is 26.0 Å². The molecular formula is C25H26N6O2. The molecule has 0 saturated carbocycles. The van der Waals surface area contributed by atoms with Gasteiger partial charge >= 0.3 is 0 Å². The molecule has 1 aliphatic rings. The van der Waals surface area contributed by atoms with Crippen LogP contribution in [0, 0.1) is 0 Å². The van der Waals surface area contributed by atoms with Gasteiger partial charge in [-0.3, -0.25) is 4.79 Å². The number of fused-ring (bicyclic) bond motifs is 1. The van der Waals surface area contributed by atoms with Gasteiger partial charge in [-0.15, -0.1) is 0 Å². The van der Waals surface area contributed by atoms with E-state index in [9.17, 15) is 4.79 Å². The minimum absolute atomic E-state index is 0.136. The lowest BCUT2D eigenvalue weighted by molar-refractivity contribution is 0.0532. The van der Waals surface area contributed by atoms with Gasteiger partial charge in [0.2, 0.25) is 5.82 Å². The minimum Gasteiger partial charge on any atom is -0.375 e. The van der Waals surface area contributed by atoms with E-state index in [1.54, 1.807) is 12.4 Å². The van der Waals surface area contributed by atoms with Crippen LogP contribution < -0.4 is 10.2 Å². The predicted octanol–water partition coefficient (Wildman–Crippen LogP) is 3.74. The quantitative estimate of drug-likeness (QED) is 0.489. The summed E-state index contributed by atoms with van der Waals surface area (Å²) in [4.78, 5) is 31.4. The Morgan fingerprint density at radius 1 is 1.18 bits per heavy atom. The molecule has 4 aromatic rings. The number of ether oxygens (including phenoxy) is 1. The third-order valence-corrected chi connectivity index (χ3v) is 5.94. The summed E-state index contributed by atoms with van der Waals surface area (Å²) in [6, 6.07) is 11.8. The molecule has 0 bridgehead atoms. The second-order valence-electron chi connectivity index (χ2n) is 8.32. The molecule has 33 heavy (non-hydrogen) atoms.